The van der Waals surface area contributed by atoms with Crippen LogP contribution in [0.25, 0.3) is 112 Å². The van der Waals surface area contributed by atoms with E-state index in [0.717, 1.165) is 11.8 Å². The molecule has 0 radical (unpaired) electrons. The van der Waals surface area contributed by atoms with Gasteiger partial charge in [0.2, 0.25) is 29.5 Å². The number of nitrogens with one attached hydrogen (secondary N) is 1. The minimum atomic E-state index is -3.74. The molecule has 0 bridgehead atoms. The zero-order valence-electron chi connectivity index (χ0n) is 75.3. The molecule has 37 nitrogen and oxygen atoms in total. The summed E-state index contributed by atoms with van der Waals surface area (Å²) in [6.07, 6.45) is 0.909. The topological polar surface area (TPSA) is 515 Å². The van der Waals surface area contributed by atoms with Gasteiger partial charge in [-0.15, -0.1) is 0 Å². The summed E-state index contributed by atoms with van der Waals surface area (Å²) in [6.45, 7) is 17.6. The monoisotopic (exact) mass is 1890 g/mol. The van der Waals surface area contributed by atoms with Gasteiger partial charge in [0.05, 0.1) is 71.9 Å². The fraction of sp³-hybridized carbons (Fsp3) is 0.140. The van der Waals surface area contributed by atoms with E-state index in [4.69, 9.17) is 64.2 Å². The maximum Gasteiger partial charge on any atom is 0.347 e. The van der Waals surface area contributed by atoms with Crippen molar-refractivity contribution in [2.45, 2.75) is 83.1 Å². The number of aryl methyl sites for hydroxylation is 3. The Labute approximate surface area is 779 Å². The van der Waals surface area contributed by atoms with Crippen molar-refractivity contribution < 1.29 is 121 Å². The van der Waals surface area contributed by atoms with E-state index in [1.165, 1.54) is 122 Å². The number of ketones is 1. The van der Waals surface area contributed by atoms with Crippen molar-refractivity contribution >= 4 is 124 Å². The molecule has 5 aromatic heterocycles. The first-order chi connectivity index (χ1) is 65.6. The minimum Gasteiger partial charge on any atom is -0.427 e. The van der Waals surface area contributed by atoms with Crippen LogP contribution in [0.5, 0.6) is 51.7 Å². The highest BCUT2D eigenvalue weighted by molar-refractivity contribution is 7.86. The summed E-state index contributed by atoms with van der Waals surface area (Å²) in [7, 11) is -3.74. The van der Waals surface area contributed by atoms with Gasteiger partial charge in [0.25, 0.3) is 5.91 Å². The van der Waals surface area contributed by atoms with Crippen molar-refractivity contribution in [1.82, 2.24) is 30.2 Å². The van der Waals surface area contributed by atoms with Crippen LogP contribution in [0.15, 0.2) is 264 Å². The van der Waals surface area contributed by atoms with Crippen LogP contribution in [0.3, 0.4) is 0 Å². The van der Waals surface area contributed by atoms with Gasteiger partial charge in [-0.25, -0.2) is 48.9 Å². The third kappa shape index (κ3) is 25.7. The van der Waals surface area contributed by atoms with Crippen LogP contribution in [-0.2, 0) is 48.5 Å². The molecule has 0 aliphatic rings. The highest BCUT2D eigenvalue weighted by atomic mass is 32.2. The van der Waals surface area contributed by atoms with Crippen LogP contribution in [-0.4, -0.2) is 106 Å². The maximum absolute atomic E-state index is 12.7. The predicted molar refractivity (Wildman–Crippen MR) is 497 cm³/mol. The molecule has 38 heteroatoms. The Hall–Kier alpha value is -18.2. The summed E-state index contributed by atoms with van der Waals surface area (Å²) in [6, 6.07) is 57.2. The van der Waals surface area contributed by atoms with E-state index in [-0.39, 0.29) is 109 Å². The molecular weight excluding hydrogens is 1810 g/mol. The molecule has 16 aromatic rings. The van der Waals surface area contributed by atoms with Crippen LogP contribution in [0, 0.1) is 20.8 Å². The Balaban J connectivity index is 0.000000155. The summed E-state index contributed by atoms with van der Waals surface area (Å²) in [5, 5.41) is 3.67. The molecule has 0 saturated heterocycles. The van der Waals surface area contributed by atoms with Crippen molar-refractivity contribution in [3.8, 4) is 109 Å². The van der Waals surface area contributed by atoms with E-state index in [9.17, 15) is 80.3 Å². The van der Waals surface area contributed by atoms with Crippen LogP contribution >= 0.6 is 0 Å². The van der Waals surface area contributed by atoms with Crippen molar-refractivity contribution in [2.75, 3.05) is 12.8 Å². The lowest BCUT2D eigenvalue weighted by Crippen LogP contribution is -2.22. The van der Waals surface area contributed by atoms with Gasteiger partial charge in [-0.1, -0.05) is 66.2 Å². The number of hydrogen-bond donors (Lipinski definition) is 1. The molecule has 0 fully saturated rings. The lowest BCUT2D eigenvalue weighted by molar-refractivity contribution is -0.134. The largest absolute Gasteiger partial charge is 0.427 e. The van der Waals surface area contributed by atoms with Gasteiger partial charge in [-0.2, -0.15) is 8.42 Å². The van der Waals surface area contributed by atoms with E-state index in [1.54, 1.807) is 153 Å². The lowest BCUT2D eigenvalue weighted by Gasteiger charge is -2.12. The third-order valence-corrected chi connectivity index (χ3v) is 19.2. The molecule has 1 N–H and O–H groups in total. The number of esters is 8. The number of para-hydroxylation sites is 1. The van der Waals surface area contributed by atoms with E-state index in [2.05, 4.69) is 30.2 Å². The standard InChI is InChI=1S/C25H17NO7.C20H17NO6.C19H16N2O5.C18H15NO7S.C18H13NO6/c1-14(27)31-21-11-9-18(13-22(21)32-15(2)28)24-26-20-10-8-17(12-19(20)25(30)33-24)23(29)16-6-4-3-5-7-16;1-10-5-6-16-14(7-10)20(24)27-19(21-16)15-8-11(2)17(25-12(3)22)9-18(15)26-13(4)23;1-3-20-17(23)12-7-8-16-15(10-12)19(24)26-18(21-16)13-5-4-6-14(9-13)25-11(2)22;1-10-7-14(26-27(3,22)23)9-15-16(10)19-17(25-18(15)21)12-5-4-6-13(8-12)24-11(2)20;1-10(20)23-12-7-8-15-14(9-12)18(22)25-17(19-15)13-5-3-4-6-16(13)24-11(2)21/h3-13H,1-2H3;5-9H,1-4H3;4-10H,3H2,1-2H3,(H,20,23);4-9H,1-3H3;3-9H,1-2H3. The molecule has 5 heterocycles. The second kappa shape index (κ2) is 43.4. The number of carbonyl (C=O) groups is 10. The average molecular weight is 1890 g/mol. The SMILES string of the molecule is CC(=O)Oc1cc(OC(C)=O)c(-c2nc3ccc(C)cc3c(=O)o2)cc1C.CC(=O)Oc1ccc(-c2nc3ccc(C(=O)c4ccccc4)cc3c(=O)o2)cc1OC(C)=O.CC(=O)Oc1ccc2nc(-c3ccccc3OC(C)=O)oc(=O)c2c1.CC(=O)Oc1cccc(-c2nc3c(C)cc(OS(C)(=O)=O)cc3c(=O)o2)c1.CCNC(=O)c1ccc2nc(-c3cccc(OC(C)=O)c3)oc(=O)c2c1. The average Bonchev–Trinajstić information content (AvgIpc) is 0.794. The highest BCUT2D eigenvalue weighted by Gasteiger charge is 2.25. The third-order valence-electron chi connectivity index (χ3n) is 18.7. The lowest BCUT2D eigenvalue weighted by atomic mass is 10.0. The van der Waals surface area contributed by atoms with Crippen LogP contribution in [0.4, 0.5) is 0 Å². The Morgan fingerprint density at radius 1 is 0.312 bits per heavy atom. The van der Waals surface area contributed by atoms with Crippen molar-refractivity contribution in [2.24, 2.45) is 0 Å². The van der Waals surface area contributed by atoms with Gasteiger partial charge < -0.3 is 69.5 Å². The first kappa shape index (κ1) is 98.8. The van der Waals surface area contributed by atoms with Gasteiger partial charge in [0.15, 0.2) is 17.3 Å². The number of aromatic nitrogens is 5. The van der Waals surface area contributed by atoms with Crippen LogP contribution in [0.2, 0.25) is 0 Å². The summed E-state index contributed by atoms with van der Waals surface area (Å²) in [4.78, 5) is 198. The Morgan fingerprint density at radius 2 is 0.725 bits per heavy atom. The number of amides is 1. The highest BCUT2D eigenvalue weighted by Crippen LogP contribution is 2.38. The fourth-order valence-corrected chi connectivity index (χ4v) is 13.6. The molecule has 700 valence electrons. The van der Waals surface area contributed by atoms with E-state index < -0.39 is 86.0 Å². The molecule has 0 unspecified atom stereocenters. The molecule has 138 heavy (non-hydrogen) atoms. The van der Waals surface area contributed by atoms with E-state index in [0.29, 0.717) is 101 Å². The van der Waals surface area contributed by atoms with Crippen LogP contribution < -0.4 is 75.5 Å². The summed E-state index contributed by atoms with van der Waals surface area (Å²) < 4.78 is 94.6. The smallest absolute Gasteiger partial charge is 0.347 e. The number of ether oxygens (including phenoxy) is 8. The van der Waals surface area contributed by atoms with Gasteiger partial charge in [-0.05, 0) is 190 Å². The number of nitrogens with zero attached hydrogens (tertiary/aromatic N) is 5. The molecule has 0 atom stereocenters. The fourth-order valence-electron chi connectivity index (χ4n) is 13.1. The van der Waals surface area contributed by atoms with Gasteiger partial charge in [-0.3, -0.25) is 47.9 Å². The molecule has 0 saturated carbocycles. The second-order valence-corrected chi connectivity index (χ2v) is 31.3. The zero-order chi connectivity index (χ0) is 99.7. The van der Waals surface area contributed by atoms with Crippen molar-refractivity contribution in [1.29, 1.82) is 0 Å². The number of benzene rings is 11. The van der Waals surface area contributed by atoms with Crippen LogP contribution in [0.1, 0.15) is 105 Å². The molecule has 11 aromatic carbocycles. The molecular formula is C100H78N6O31S. The molecule has 0 aliphatic carbocycles. The molecule has 0 aliphatic heterocycles. The van der Waals surface area contributed by atoms with Gasteiger partial charge in [0.1, 0.15) is 40.2 Å². The predicted octanol–water partition coefficient (Wildman–Crippen LogP) is 14.9. The normalized spacial score (nSPS) is 10.7. The Morgan fingerprint density at radius 3 is 1.26 bits per heavy atom. The molecule has 1 amide bonds. The number of hydrogen-bond acceptors (Lipinski definition) is 36. The van der Waals surface area contributed by atoms with Crippen molar-refractivity contribution in [3.63, 3.8) is 0 Å². The van der Waals surface area contributed by atoms with Crippen molar-refractivity contribution in [3.05, 3.63) is 304 Å². The second-order valence-electron chi connectivity index (χ2n) is 29.8. The first-order valence-electron chi connectivity index (χ1n) is 41.2. The quantitative estimate of drug-likeness (QED) is 0.0340. The number of carbonyl (C=O) groups excluding carboxylic acids is 10. The summed E-state index contributed by atoms with van der Waals surface area (Å²) in [5.41, 5.74) is 3.89. The van der Waals surface area contributed by atoms with E-state index in [1.807, 2.05) is 26.0 Å². The summed E-state index contributed by atoms with van der Waals surface area (Å²) in [5.74, 6) is -3.18. The van der Waals surface area contributed by atoms with E-state index >= 15 is 0 Å². The zero-order valence-corrected chi connectivity index (χ0v) is 76.1. The number of rotatable bonds is 19. The van der Waals surface area contributed by atoms with Gasteiger partial charge >= 0.3 is 86.0 Å². The maximum atomic E-state index is 12.7. The molecule has 0 spiro atoms. The first-order valence-corrected chi connectivity index (χ1v) is 43.0. The number of fused-ring (bicyclic) bond motifs is 5. The summed E-state index contributed by atoms with van der Waals surface area (Å²) >= 11 is 0. The minimum absolute atomic E-state index is 0.00112. The van der Waals surface area contributed by atoms with Gasteiger partial charge in [0, 0.05) is 101 Å². The molecule has 16 rings (SSSR count). The Kier molecular flexibility index (Phi) is 31.1. The Bertz CT molecular complexity index is 8060.